The molecule has 0 atom stereocenters. The number of primary amides is 1. The maximum atomic E-state index is 13.2. The number of nitrogen functional groups attached to an aromatic ring is 1. The lowest BCUT2D eigenvalue weighted by molar-refractivity contribution is -0.137. The third kappa shape index (κ3) is 6.71. The van der Waals surface area contributed by atoms with Gasteiger partial charge in [-0.15, -0.1) is 0 Å². The van der Waals surface area contributed by atoms with E-state index < -0.39 is 23.2 Å². The van der Waals surface area contributed by atoms with Gasteiger partial charge < -0.3 is 21.1 Å². The Morgan fingerprint density at radius 2 is 1.71 bits per heavy atom. The molecule has 228 valence electrons. The van der Waals surface area contributed by atoms with Gasteiger partial charge in [0.2, 0.25) is 0 Å². The molecule has 1 aliphatic heterocycles. The van der Waals surface area contributed by atoms with E-state index in [9.17, 15) is 22.8 Å². The number of halogens is 3. The molecule has 0 bridgehead atoms. The highest BCUT2D eigenvalue weighted by Gasteiger charge is 2.32. The van der Waals surface area contributed by atoms with E-state index in [1.165, 1.54) is 6.07 Å². The SMILES string of the molecule is Cc1nn(Cc2cccc(C(F)(F)F)c2)c(C)c1-c1nn(C2CCCN(C(=O)OC(C)(C)C)CCC2)c(N)c1C(N)=O. The Hall–Kier alpha value is -4.03. The molecule has 3 heterocycles. The molecule has 3 aromatic rings. The summed E-state index contributed by atoms with van der Waals surface area (Å²) in [4.78, 5) is 26.9. The second-order valence-corrected chi connectivity index (χ2v) is 11.7. The van der Waals surface area contributed by atoms with Crippen LogP contribution >= 0.6 is 0 Å². The van der Waals surface area contributed by atoms with Crippen LogP contribution in [-0.4, -0.2) is 55.2 Å². The summed E-state index contributed by atoms with van der Waals surface area (Å²) in [6, 6.07) is 4.95. The van der Waals surface area contributed by atoms with E-state index in [4.69, 9.17) is 21.3 Å². The first-order valence-electron chi connectivity index (χ1n) is 13.9. The van der Waals surface area contributed by atoms with E-state index in [0.29, 0.717) is 67.0 Å². The number of likely N-dealkylation sites (tertiary alicyclic amines) is 1. The maximum Gasteiger partial charge on any atom is 0.416 e. The van der Waals surface area contributed by atoms with Crippen molar-refractivity contribution in [1.29, 1.82) is 0 Å². The first-order valence-corrected chi connectivity index (χ1v) is 13.9. The predicted molar refractivity (Wildman–Crippen MR) is 152 cm³/mol. The number of nitrogens with two attached hydrogens (primary N) is 2. The summed E-state index contributed by atoms with van der Waals surface area (Å²) >= 11 is 0. The van der Waals surface area contributed by atoms with Crippen molar-refractivity contribution in [2.24, 2.45) is 5.73 Å². The van der Waals surface area contributed by atoms with E-state index in [-0.39, 0.29) is 30.1 Å². The molecule has 4 rings (SSSR count). The molecule has 1 fully saturated rings. The number of aryl methyl sites for hydroxylation is 1. The monoisotopic (exact) mass is 589 g/mol. The zero-order valence-corrected chi connectivity index (χ0v) is 24.6. The first-order chi connectivity index (χ1) is 19.6. The summed E-state index contributed by atoms with van der Waals surface area (Å²) < 4.78 is 48.5. The number of hydrogen-bond donors (Lipinski definition) is 2. The van der Waals surface area contributed by atoms with Crippen molar-refractivity contribution in [3.8, 4) is 11.3 Å². The van der Waals surface area contributed by atoms with E-state index in [2.05, 4.69) is 5.10 Å². The minimum absolute atomic E-state index is 0.0808. The van der Waals surface area contributed by atoms with Crippen LogP contribution in [-0.2, 0) is 17.5 Å². The van der Waals surface area contributed by atoms with E-state index in [1.54, 1.807) is 34.2 Å². The number of alkyl halides is 3. The van der Waals surface area contributed by atoms with Crippen LogP contribution in [0.15, 0.2) is 24.3 Å². The largest absolute Gasteiger partial charge is 0.444 e. The van der Waals surface area contributed by atoms with Crippen molar-refractivity contribution < 1.29 is 27.5 Å². The molecule has 0 aliphatic carbocycles. The van der Waals surface area contributed by atoms with Crippen LogP contribution in [0.4, 0.5) is 23.8 Å². The van der Waals surface area contributed by atoms with Gasteiger partial charge in [-0.05, 0) is 78.0 Å². The summed E-state index contributed by atoms with van der Waals surface area (Å²) in [5, 5.41) is 9.32. The fourth-order valence-electron chi connectivity index (χ4n) is 5.40. The molecule has 10 nitrogen and oxygen atoms in total. The normalized spacial score (nSPS) is 15.4. The first kappa shape index (κ1) is 30.9. The van der Waals surface area contributed by atoms with Crippen molar-refractivity contribution in [2.45, 2.75) is 84.7 Å². The van der Waals surface area contributed by atoms with Crippen LogP contribution < -0.4 is 11.5 Å². The Labute approximate surface area is 242 Å². The van der Waals surface area contributed by atoms with Gasteiger partial charge in [0.05, 0.1) is 23.8 Å². The third-order valence-electron chi connectivity index (χ3n) is 7.33. The minimum Gasteiger partial charge on any atom is -0.444 e. The molecular weight excluding hydrogens is 551 g/mol. The summed E-state index contributed by atoms with van der Waals surface area (Å²) in [7, 11) is 0. The Kier molecular flexibility index (Phi) is 8.60. The number of benzene rings is 1. The van der Waals surface area contributed by atoms with Crippen molar-refractivity contribution in [3.63, 3.8) is 0 Å². The smallest absolute Gasteiger partial charge is 0.416 e. The van der Waals surface area contributed by atoms with Crippen LogP contribution in [0.1, 0.15) is 85.4 Å². The Morgan fingerprint density at radius 1 is 1.07 bits per heavy atom. The highest BCUT2D eigenvalue weighted by atomic mass is 19.4. The number of ether oxygens (including phenoxy) is 1. The highest BCUT2D eigenvalue weighted by Crippen LogP contribution is 2.36. The van der Waals surface area contributed by atoms with Crippen LogP contribution in [0.3, 0.4) is 0 Å². The van der Waals surface area contributed by atoms with Gasteiger partial charge in [0.1, 0.15) is 22.7 Å². The van der Waals surface area contributed by atoms with Gasteiger partial charge in [-0.1, -0.05) is 12.1 Å². The lowest BCUT2D eigenvalue weighted by atomic mass is 10.0. The van der Waals surface area contributed by atoms with Gasteiger partial charge in [0, 0.05) is 24.3 Å². The van der Waals surface area contributed by atoms with Crippen molar-refractivity contribution >= 4 is 17.8 Å². The predicted octanol–water partition coefficient (Wildman–Crippen LogP) is 5.46. The second-order valence-electron chi connectivity index (χ2n) is 11.7. The minimum atomic E-state index is -4.46. The summed E-state index contributed by atoms with van der Waals surface area (Å²) in [5.74, 6) is -0.586. The summed E-state index contributed by atoms with van der Waals surface area (Å²) in [5.41, 5.74) is 13.5. The highest BCUT2D eigenvalue weighted by molar-refractivity contribution is 6.03. The van der Waals surface area contributed by atoms with Gasteiger partial charge in [-0.3, -0.25) is 9.48 Å². The quantitative estimate of drug-likeness (QED) is 0.406. The lowest BCUT2D eigenvalue weighted by Crippen LogP contribution is -2.39. The van der Waals surface area contributed by atoms with Crippen LogP contribution in [0.25, 0.3) is 11.3 Å². The number of anilines is 1. The zero-order valence-electron chi connectivity index (χ0n) is 24.6. The number of hydrogen-bond acceptors (Lipinski definition) is 6. The molecule has 1 aliphatic rings. The third-order valence-corrected chi connectivity index (χ3v) is 7.33. The average molecular weight is 590 g/mol. The van der Waals surface area contributed by atoms with Gasteiger partial charge >= 0.3 is 12.3 Å². The summed E-state index contributed by atoms with van der Waals surface area (Å²) in [6.45, 7) is 10.1. The molecule has 13 heteroatoms. The van der Waals surface area contributed by atoms with Crippen LogP contribution in [0.5, 0.6) is 0 Å². The van der Waals surface area contributed by atoms with Gasteiger partial charge in [0.15, 0.2) is 0 Å². The van der Waals surface area contributed by atoms with Crippen LogP contribution in [0, 0.1) is 13.8 Å². The summed E-state index contributed by atoms with van der Waals surface area (Å²) in [6.07, 6.45) is -2.12. The molecule has 0 radical (unpaired) electrons. The van der Waals surface area contributed by atoms with Crippen molar-refractivity contribution in [3.05, 3.63) is 52.3 Å². The topological polar surface area (TPSA) is 134 Å². The number of rotatable bonds is 5. The van der Waals surface area contributed by atoms with Gasteiger partial charge in [-0.25, -0.2) is 9.48 Å². The molecule has 0 saturated carbocycles. The second kappa shape index (κ2) is 11.7. The number of amides is 2. The molecule has 42 heavy (non-hydrogen) atoms. The molecule has 4 N–H and O–H groups in total. The molecule has 2 aromatic heterocycles. The number of carbonyl (C=O) groups is 2. The molecule has 0 unspecified atom stereocenters. The van der Waals surface area contributed by atoms with E-state index >= 15 is 0 Å². The van der Waals surface area contributed by atoms with E-state index in [0.717, 1.165) is 12.1 Å². The standard InChI is InChI=1S/C29H38F3N7O3/c1-17-22(18(2)38(35-17)16-19-9-6-10-20(15-19)29(30,31)32)24-23(26(34)40)25(33)39(36-24)21-11-7-13-37(14-8-12-21)27(41)42-28(3,4)5/h6,9-10,15,21H,7-8,11-14,16,33H2,1-5H3,(H2,34,40). The Balaban J connectivity index is 1.61. The molecule has 1 aromatic carbocycles. The Bertz CT molecular complexity index is 1460. The molecular formula is C29H38F3N7O3. The molecule has 2 amide bonds. The Morgan fingerprint density at radius 3 is 2.29 bits per heavy atom. The average Bonchev–Trinajstić information content (AvgIpc) is 3.32. The number of carbonyl (C=O) groups excluding carboxylic acids is 2. The van der Waals surface area contributed by atoms with E-state index in [1.807, 2.05) is 20.8 Å². The zero-order chi connectivity index (χ0) is 31.0. The maximum absolute atomic E-state index is 13.2. The van der Waals surface area contributed by atoms with Crippen LogP contribution in [0.2, 0.25) is 0 Å². The van der Waals surface area contributed by atoms with Gasteiger partial charge in [0.25, 0.3) is 5.91 Å². The fraction of sp³-hybridized carbons (Fsp3) is 0.517. The number of nitrogens with zero attached hydrogens (tertiary/aromatic N) is 5. The van der Waals surface area contributed by atoms with Crippen molar-refractivity contribution in [1.82, 2.24) is 24.5 Å². The van der Waals surface area contributed by atoms with Gasteiger partial charge in [-0.2, -0.15) is 23.4 Å². The molecule has 0 spiro atoms. The fourth-order valence-corrected chi connectivity index (χ4v) is 5.40. The lowest BCUT2D eigenvalue weighted by Gasteiger charge is -2.30. The molecule has 1 saturated heterocycles. The van der Waals surface area contributed by atoms with Crippen molar-refractivity contribution in [2.75, 3.05) is 18.8 Å². The number of aromatic nitrogens is 4.